The molecule has 36 heavy (non-hydrogen) atoms. The van der Waals surface area contributed by atoms with Crippen LogP contribution in [0.1, 0.15) is 5.56 Å². The topological polar surface area (TPSA) is 95.5 Å². The maximum absolute atomic E-state index is 13.1. The summed E-state index contributed by atoms with van der Waals surface area (Å²) in [4.78, 5) is 12.2. The van der Waals surface area contributed by atoms with Gasteiger partial charge in [0, 0.05) is 20.5 Å². The molecule has 2 amide bonds. The van der Waals surface area contributed by atoms with E-state index in [0.29, 0.717) is 6.07 Å². The SMILES string of the molecule is O=C(Nc1ccc(Cl)c(C(F)(F)F)c1)Nc1cc(Cl)ccc1Sc1cc(Cl)c(Cl)cc1S(=O)(=O)O.[Na+]. The molecule has 6 nitrogen and oxygen atoms in total. The average Bonchev–Trinajstić information content (AvgIpc) is 2.72. The molecule has 0 fully saturated rings. The zero-order valence-corrected chi connectivity index (χ0v) is 24.4. The first kappa shape index (κ1) is 31.4. The minimum Gasteiger partial charge on any atom is -0.308 e. The van der Waals surface area contributed by atoms with Crippen LogP contribution in [0.4, 0.5) is 29.3 Å². The number of amides is 2. The van der Waals surface area contributed by atoms with Crippen LogP contribution < -0.4 is 40.2 Å². The largest absolute Gasteiger partial charge is 1.00 e. The predicted molar refractivity (Wildman–Crippen MR) is 131 cm³/mol. The summed E-state index contributed by atoms with van der Waals surface area (Å²) in [6, 6.07) is 8.32. The second-order valence-corrected chi connectivity index (χ2v) is 10.8. The van der Waals surface area contributed by atoms with Crippen LogP contribution in [0.5, 0.6) is 0 Å². The molecule has 3 aromatic carbocycles. The number of carbonyl (C=O) groups is 1. The van der Waals surface area contributed by atoms with Crippen molar-refractivity contribution in [2.24, 2.45) is 0 Å². The van der Waals surface area contributed by atoms with E-state index in [9.17, 15) is 30.9 Å². The molecule has 0 saturated carbocycles. The van der Waals surface area contributed by atoms with Gasteiger partial charge in [0.05, 0.1) is 26.3 Å². The van der Waals surface area contributed by atoms with Crippen molar-refractivity contribution in [2.75, 3.05) is 10.6 Å². The van der Waals surface area contributed by atoms with Crippen molar-refractivity contribution in [1.29, 1.82) is 0 Å². The maximum atomic E-state index is 13.1. The minimum absolute atomic E-state index is 0. The van der Waals surface area contributed by atoms with Gasteiger partial charge in [-0.25, -0.2) is 4.79 Å². The summed E-state index contributed by atoms with van der Waals surface area (Å²) >= 11 is 24.2. The number of urea groups is 1. The van der Waals surface area contributed by atoms with E-state index in [1.807, 2.05) is 0 Å². The number of benzene rings is 3. The Kier molecular flexibility index (Phi) is 10.7. The standard InChI is InChI=1S/C20H11Cl4F3N2O4S2.Na/c21-9-1-4-16(34-17-7-13(23)14(24)8-18(17)35(31,32)33)15(5-9)29-19(30)28-10-2-3-12(22)11(6-10)20(25,26)27;/h1-8H,(H2,28,29,30)(H,31,32,33);/q;+1. The fraction of sp³-hybridized carbons (Fsp3) is 0.0500. The van der Waals surface area contributed by atoms with Gasteiger partial charge in [0.2, 0.25) is 0 Å². The first-order valence-corrected chi connectivity index (χ1v) is 12.8. The number of alkyl halides is 3. The van der Waals surface area contributed by atoms with Gasteiger partial charge in [0.25, 0.3) is 10.1 Å². The van der Waals surface area contributed by atoms with E-state index in [1.54, 1.807) is 0 Å². The maximum Gasteiger partial charge on any atom is 1.00 e. The van der Waals surface area contributed by atoms with Gasteiger partial charge in [0.15, 0.2) is 0 Å². The van der Waals surface area contributed by atoms with Gasteiger partial charge in [0.1, 0.15) is 4.90 Å². The molecule has 0 bridgehead atoms. The Morgan fingerprint density at radius 2 is 1.50 bits per heavy atom. The molecule has 0 radical (unpaired) electrons. The number of nitrogens with one attached hydrogen (secondary N) is 2. The number of rotatable bonds is 5. The molecule has 0 aromatic heterocycles. The van der Waals surface area contributed by atoms with Gasteiger partial charge in [-0.1, -0.05) is 58.2 Å². The second-order valence-electron chi connectivity index (χ2n) is 6.70. The Bertz CT molecular complexity index is 1430. The normalized spacial score (nSPS) is 11.6. The Labute approximate surface area is 249 Å². The van der Waals surface area contributed by atoms with Crippen LogP contribution in [-0.2, 0) is 16.3 Å². The Morgan fingerprint density at radius 3 is 2.11 bits per heavy atom. The Balaban J connectivity index is 0.00000456. The quantitative estimate of drug-likeness (QED) is 0.261. The first-order valence-electron chi connectivity index (χ1n) is 9.04. The van der Waals surface area contributed by atoms with Crippen molar-refractivity contribution in [3.05, 3.63) is 74.2 Å². The van der Waals surface area contributed by atoms with Crippen LogP contribution in [0.3, 0.4) is 0 Å². The summed E-state index contributed by atoms with van der Waals surface area (Å²) in [6.45, 7) is 0. The van der Waals surface area contributed by atoms with Gasteiger partial charge >= 0.3 is 41.8 Å². The number of hydrogen-bond donors (Lipinski definition) is 3. The van der Waals surface area contributed by atoms with Gasteiger partial charge in [-0.05, 0) is 48.5 Å². The van der Waals surface area contributed by atoms with Crippen LogP contribution in [-0.4, -0.2) is 19.0 Å². The van der Waals surface area contributed by atoms with E-state index in [2.05, 4.69) is 10.6 Å². The van der Waals surface area contributed by atoms with Gasteiger partial charge in [-0.2, -0.15) is 21.6 Å². The van der Waals surface area contributed by atoms with Crippen molar-refractivity contribution < 1.29 is 60.5 Å². The Morgan fingerprint density at radius 1 is 0.861 bits per heavy atom. The average molecular weight is 629 g/mol. The second kappa shape index (κ2) is 12.3. The van der Waals surface area contributed by atoms with E-state index in [-0.39, 0.29) is 65.8 Å². The predicted octanol–water partition coefficient (Wildman–Crippen LogP) is 5.36. The van der Waals surface area contributed by atoms with E-state index in [0.717, 1.165) is 23.9 Å². The summed E-state index contributed by atoms with van der Waals surface area (Å²) in [7, 11) is -4.69. The minimum atomic E-state index is -4.73. The zero-order valence-electron chi connectivity index (χ0n) is 17.8. The van der Waals surface area contributed by atoms with Crippen LogP contribution in [0.2, 0.25) is 20.1 Å². The zero-order chi connectivity index (χ0) is 26.1. The van der Waals surface area contributed by atoms with Crippen molar-refractivity contribution >= 4 is 85.7 Å². The van der Waals surface area contributed by atoms with Crippen molar-refractivity contribution in [2.45, 2.75) is 20.9 Å². The molecule has 0 aliphatic carbocycles. The summed E-state index contributed by atoms with van der Waals surface area (Å²) in [6.07, 6.45) is -4.73. The van der Waals surface area contributed by atoms with Crippen LogP contribution in [0, 0.1) is 0 Å². The molecule has 16 heteroatoms. The van der Waals surface area contributed by atoms with Crippen molar-refractivity contribution in [3.8, 4) is 0 Å². The van der Waals surface area contributed by atoms with Crippen LogP contribution in [0.15, 0.2) is 63.2 Å². The summed E-state index contributed by atoms with van der Waals surface area (Å²) in [5.74, 6) is 0. The third kappa shape index (κ3) is 8.07. The smallest absolute Gasteiger partial charge is 0.308 e. The summed E-state index contributed by atoms with van der Waals surface area (Å²) < 4.78 is 72.4. The van der Waals surface area contributed by atoms with E-state index in [1.165, 1.54) is 30.3 Å². The number of anilines is 2. The summed E-state index contributed by atoms with van der Waals surface area (Å²) in [5.41, 5.74) is -1.24. The van der Waals surface area contributed by atoms with Gasteiger partial charge in [-0.15, -0.1) is 0 Å². The third-order valence-electron chi connectivity index (χ3n) is 4.20. The van der Waals surface area contributed by atoms with Crippen LogP contribution in [0.25, 0.3) is 0 Å². The molecule has 3 N–H and O–H groups in total. The van der Waals surface area contributed by atoms with Crippen molar-refractivity contribution in [1.82, 2.24) is 0 Å². The van der Waals surface area contributed by atoms with E-state index in [4.69, 9.17) is 46.4 Å². The molecule has 0 unspecified atom stereocenters. The van der Waals surface area contributed by atoms with E-state index < -0.39 is 37.8 Å². The first-order chi connectivity index (χ1) is 16.1. The Hall–Kier alpha value is -0.860. The molecular formula is C20H11Cl4F3N2NaO4S2+. The number of hydrogen-bond acceptors (Lipinski definition) is 4. The molecule has 0 aliphatic heterocycles. The van der Waals surface area contributed by atoms with Crippen molar-refractivity contribution in [3.63, 3.8) is 0 Å². The molecule has 3 rings (SSSR count). The van der Waals surface area contributed by atoms with Gasteiger partial charge < -0.3 is 10.6 Å². The van der Waals surface area contributed by atoms with Crippen LogP contribution >= 0.6 is 58.2 Å². The summed E-state index contributed by atoms with van der Waals surface area (Å²) in [5, 5.41) is 4.25. The molecule has 0 heterocycles. The molecular weight excluding hydrogens is 618 g/mol. The molecule has 0 spiro atoms. The molecule has 3 aromatic rings. The van der Waals surface area contributed by atoms with E-state index >= 15 is 0 Å². The molecule has 0 aliphatic rings. The number of halogens is 7. The fourth-order valence-corrected chi connectivity index (χ4v) is 5.51. The monoisotopic (exact) mass is 627 g/mol. The number of carbonyl (C=O) groups excluding carboxylic acids is 1. The fourth-order valence-electron chi connectivity index (χ4n) is 2.70. The molecule has 186 valence electrons. The van der Waals surface area contributed by atoms with Gasteiger partial charge in [-0.3, -0.25) is 4.55 Å². The molecule has 0 saturated heterocycles. The third-order valence-corrected chi connectivity index (χ3v) is 7.65. The molecule has 0 atom stereocenters.